The van der Waals surface area contributed by atoms with E-state index in [4.69, 9.17) is 4.42 Å². The van der Waals surface area contributed by atoms with E-state index in [0.717, 1.165) is 30.0 Å². The van der Waals surface area contributed by atoms with Gasteiger partial charge in [0.15, 0.2) is 22.8 Å². The number of carbonyl (C=O) groups excluding carboxylic acids is 3. The van der Waals surface area contributed by atoms with Gasteiger partial charge in [-0.2, -0.15) is 5.10 Å². The van der Waals surface area contributed by atoms with E-state index in [1.165, 1.54) is 10.6 Å². The summed E-state index contributed by atoms with van der Waals surface area (Å²) in [7, 11) is 1.57. The number of benzene rings is 1. The molecule has 3 aromatic heterocycles. The molecule has 1 aliphatic rings. The molecule has 3 heterocycles. The molecule has 0 unspecified atom stereocenters. The molecule has 12 heteroatoms. The standard InChI is InChI=1S/C25H25FN6O5/c1-13(20(33)9-14-4-3-5-14)29-24(35)19-10-17(30-22-16(26)12-28-32(19)22)23(34)27-11-15-6-7-21-18(8-15)31(2)25(36)37-21/h6-8,10,12-14H,3-5,9,11H2,1-2H3,(H,27,34)(H,29,35)/t13-/m0/s1. The summed E-state index contributed by atoms with van der Waals surface area (Å²) in [5.74, 6) is -2.35. The minimum Gasteiger partial charge on any atom is -0.408 e. The Labute approximate surface area is 209 Å². The first-order valence-corrected chi connectivity index (χ1v) is 12.0. The molecule has 1 atom stereocenters. The van der Waals surface area contributed by atoms with Gasteiger partial charge in [-0.15, -0.1) is 0 Å². The SMILES string of the molecule is C[C@H](NC(=O)c1cc(C(=O)NCc2ccc3oc(=O)n(C)c3c2)nc2c(F)cnn12)C(=O)CC1CCC1. The number of oxazole rings is 1. The van der Waals surface area contributed by atoms with Crippen molar-refractivity contribution in [2.45, 2.75) is 45.2 Å². The molecule has 0 bridgehead atoms. The summed E-state index contributed by atoms with van der Waals surface area (Å²) in [6.07, 6.45) is 4.43. The van der Waals surface area contributed by atoms with E-state index >= 15 is 0 Å². The summed E-state index contributed by atoms with van der Waals surface area (Å²) in [5, 5.41) is 9.18. The summed E-state index contributed by atoms with van der Waals surface area (Å²) >= 11 is 0. The molecule has 1 aromatic carbocycles. The fourth-order valence-electron chi connectivity index (χ4n) is 4.28. The molecular formula is C25H25FN6O5. The van der Waals surface area contributed by atoms with Gasteiger partial charge >= 0.3 is 5.76 Å². The van der Waals surface area contributed by atoms with Crippen LogP contribution in [-0.2, 0) is 18.4 Å². The van der Waals surface area contributed by atoms with Gasteiger partial charge in [0.2, 0.25) is 0 Å². The van der Waals surface area contributed by atoms with Crippen LogP contribution in [0.3, 0.4) is 0 Å². The van der Waals surface area contributed by atoms with Crippen LogP contribution >= 0.6 is 0 Å². The van der Waals surface area contributed by atoms with Gasteiger partial charge in [-0.3, -0.25) is 19.0 Å². The van der Waals surface area contributed by atoms with Crippen molar-refractivity contribution < 1.29 is 23.2 Å². The summed E-state index contributed by atoms with van der Waals surface area (Å²) in [6.45, 7) is 1.68. The van der Waals surface area contributed by atoms with Crippen LogP contribution in [0.15, 0.2) is 39.7 Å². The first-order valence-electron chi connectivity index (χ1n) is 12.0. The van der Waals surface area contributed by atoms with Crippen LogP contribution < -0.4 is 16.4 Å². The quantitative estimate of drug-likeness (QED) is 0.371. The molecule has 37 heavy (non-hydrogen) atoms. The maximum absolute atomic E-state index is 14.4. The lowest BCUT2D eigenvalue weighted by molar-refractivity contribution is -0.122. The molecule has 4 aromatic rings. The van der Waals surface area contributed by atoms with Crippen molar-refractivity contribution >= 4 is 34.3 Å². The first-order chi connectivity index (χ1) is 17.7. The number of hydrogen-bond donors (Lipinski definition) is 2. The van der Waals surface area contributed by atoms with E-state index in [-0.39, 0.29) is 29.4 Å². The molecule has 0 saturated heterocycles. The fraction of sp³-hybridized carbons (Fsp3) is 0.360. The number of Topliss-reactive ketones (excluding diaryl/α,β-unsaturated/α-hetero) is 1. The number of amides is 2. The van der Waals surface area contributed by atoms with Crippen LogP contribution in [0.2, 0.25) is 0 Å². The van der Waals surface area contributed by atoms with Gasteiger partial charge in [-0.1, -0.05) is 25.3 Å². The van der Waals surface area contributed by atoms with Crippen LogP contribution in [0, 0.1) is 11.7 Å². The van der Waals surface area contributed by atoms with Crippen molar-refractivity contribution in [3.05, 3.63) is 63.8 Å². The van der Waals surface area contributed by atoms with Crippen molar-refractivity contribution in [3.63, 3.8) is 0 Å². The molecule has 5 rings (SSSR count). The zero-order valence-electron chi connectivity index (χ0n) is 20.3. The number of aryl methyl sites for hydroxylation is 1. The van der Waals surface area contributed by atoms with Crippen LogP contribution in [0.5, 0.6) is 0 Å². The number of fused-ring (bicyclic) bond motifs is 2. The molecule has 2 N–H and O–H groups in total. The molecule has 0 spiro atoms. The fourth-order valence-corrected chi connectivity index (χ4v) is 4.28. The average Bonchev–Trinajstić information content (AvgIpc) is 3.37. The number of rotatable bonds is 8. The molecule has 1 saturated carbocycles. The topological polar surface area (TPSA) is 141 Å². The van der Waals surface area contributed by atoms with Crippen LogP contribution in [0.4, 0.5) is 4.39 Å². The zero-order valence-corrected chi connectivity index (χ0v) is 20.3. The first kappa shape index (κ1) is 24.3. The van der Waals surface area contributed by atoms with Gasteiger partial charge in [0, 0.05) is 26.1 Å². The van der Waals surface area contributed by atoms with Gasteiger partial charge in [-0.25, -0.2) is 18.7 Å². The van der Waals surface area contributed by atoms with Gasteiger partial charge in [0.25, 0.3) is 11.8 Å². The normalized spacial score (nSPS) is 14.5. The lowest BCUT2D eigenvalue weighted by Crippen LogP contribution is -2.40. The average molecular weight is 509 g/mol. The predicted molar refractivity (Wildman–Crippen MR) is 129 cm³/mol. The van der Waals surface area contributed by atoms with Crippen molar-refractivity contribution in [3.8, 4) is 0 Å². The number of halogens is 1. The monoisotopic (exact) mass is 508 g/mol. The number of carbonyl (C=O) groups is 3. The smallest absolute Gasteiger partial charge is 0.408 e. The van der Waals surface area contributed by atoms with E-state index < -0.39 is 29.4 Å². The molecular weight excluding hydrogens is 483 g/mol. The second-order valence-corrected chi connectivity index (χ2v) is 9.33. The highest BCUT2D eigenvalue weighted by Gasteiger charge is 2.26. The third kappa shape index (κ3) is 4.74. The Hall–Kier alpha value is -4.35. The highest BCUT2D eigenvalue weighted by molar-refractivity contribution is 6.00. The maximum Gasteiger partial charge on any atom is 0.419 e. The highest BCUT2D eigenvalue weighted by Crippen LogP contribution is 2.29. The minimum atomic E-state index is -0.802. The zero-order chi connectivity index (χ0) is 26.3. The number of aromatic nitrogens is 4. The summed E-state index contributed by atoms with van der Waals surface area (Å²) in [6, 6.07) is 5.48. The lowest BCUT2D eigenvalue weighted by Gasteiger charge is -2.25. The predicted octanol–water partition coefficient (Wildman–Crippen LogP) is 2.12. The van der Waals surface area contributed by atoms with Gasteiger partial charge in [0.05, 0.1) is 17.8 Å². The Morgan fingerprint density at radius 1 is 1.22 bits per heavy atom. The highest BCUT2D eigenvalue weighted by atomic mass is 19.1. The second-order valence-electron chi connectivity index (χ2n) is 9.33. The van der Waals surface area contributed by atoms with Crippen molar-refractivity contribution in [1.29, 1.82) is 0 Å². The van der Waals surface area contributed by atoms with Crippen LogP contribution in [0.25, 0.3) is 16.7 Å². The van der Waals surface area contributed by atoms with E-state index in [1.807, 2.05) is 0 Å². The Bertz CT molecular complexity index is 1600. The number of nitrogens with one attached hydrogen (secondary N) is 2. The molecule has 1 aliphatic carbocycles. The summed E-state index contributed by atoms with van der Waals surface area (Å²) < 4.78 is 21.8. The Morgan fingerprint density at radius 2 is 2.00 bits per heavy atom. The number of ketones is 1. The number of nitrogens with zero attached hydrogens (tertiary/aromatic N) is 4. The molecule has 0 radical (unpaired) electrons. The molecule has 11 nitrogen and oxygen atoms in total. The van der Waals surface area contributed by atoms with Crippen LogP contribution in [-0.4, -0.2) is 42.8 Å². The lowest BCUT2D eigenvalue weighted by atomic mass is 9.81. The van der Waals surface area contributed by atoms with E-state index in [2.05, 4.69) is 20.7 Å². The maximum atomic E-state index is 14.4. The number of hydrogen-bond acceptors (Lipinski definition) is 7. The molecule has 0 aliphatic heterocycles. The summed E-state index contributed by atoms with van der Waals surface area (Å²) in [5.41, 5.74) is 1.06. The Balaban J connectivity index is 1.34. The molecule has 192 valence electrons. The van der Waals surface area contributed by atoms with Crippen molar-refractivity contribution in [1.82, 2.24) is 29.8 Å². The largest absolute Gasteiger partial charge is 0.419 e. The summed E-state index contributed by atoms with van der Waals surface area (Å²) in [4.78, 5) is 54.1. The Morgan fingerprint density at radius 3 is 2.73 bits per heavy atom. The third-order valence-electron chi connectivity index (χ3n) is 6.75. The third-order valence-corrected chi connectivity index (χ3v) is 6.75. The minimum absolute atomic E-state index is 0.0803. The van der Waals surface area contributed by atoms with Crippen molar-refractivity contribution in [2.24, 2.45) is 13.0 Å². The van der Waals surface area contributed by atoms with E-state index in [9.17, 15) is 23.6 Å². The van der Waals surface area contributed by atoms with Crippen LogP contribution in [0.1, 0.15) is 59.1 Å². The molecule has 2 amide bonds. The van der Waals surface area contributed by atoms with Crippen molar-refractivity contribution in [2.75, 3.05) is 0 Å². The van der Waals surface area contributed by atoms with E-state index in [0.29, 0.717) is 29.0 Å². The van der Waals surface area contributed by atoms with E-state index in [1.54, 1.807) is 32.2 Å². The van der Waals surface area contributed by atoms with Gasteiger partial charge in [0.1, 0.15) is 11.4 Å². The molecule has 1 fully saturated rings. The Kier molecular flexibility index (Phi) is 6.32. The van der Waals surface area contributed by atoms with Gasteiger partial charge < -0.3 is 15.1 Å². The second kappa shape index (κ2) is 9.60. The van der Waals surface area contributed by atoms with Gasteiger partial charge in [-0.05, 0) is 30.5 Å².